The molecule has 0 spiro atoms. The number of nitrogens with two attached hydrogens (primary N) is 2. The van der Waals surface area contributed by atoms with E-state index in [2.05, 4.69) is 26.2 Å². The molecule has 0 radical (unpaired) electrons. The maximum absolute atomic E-state index is 5.63. The average molecular weight is 182 g/mol. The van der Waals surface area contributed by atoms with Gasteiger partial charge in [-0.2, -0.15) is 5.10 Å². The Balaban J connectivity index is 2.35. The molecule has 0 bridgehead atoms. The summed E-state index contributed by atoms with van der Waals surface area (Å²) in [6, 6.07) is 0. The van der Waals surface area contributed by atoms with Gasteiger partial charge in [0.05, 0.1) is 0 Å². The minimum Gasteiger partial charge on any atom is -0.334 e. The summed E-state index contributed by atoms with van der Waals surface area (Å²) in [7, 11) is 0. The Hall–Kier alpha value is -1.83. The van der Waals surface area contributed by atoms with E-state index in [-0.39, 0.29) is 0 Å². The summed E-state index contributed by atoms with van der Waals surface area (Å²) in [4.78, 5) is 0. The fourth-order valence-electron chi connectivity index (χ4n) is 1.13. The van der Waals surface area contributed by atoms with Gasteiger partial charge in [-0.05, 0) is 0 Å². The Morgan fingerprint density at radius 1 is 1.46 bits per heavy atom. The largest absolute Gasteiger partial charge is 0.334 e. The van der Waals surface area contributed by atoms with E-state index >= 15 is 0 Å². The van der Waals surface area contributed by atoms with Crippen LogP contribution < -0.4 is 22.5 Å². The highest BCUT2D eigenvalue weighted by Crippen LogP contribution is 2.06. The first-order chi connectivity index (χ1) is 6.33. The van der Waals surface area contributed by atoms with E-state index in [1.165, 1.54) is 4.68 Å². The van der Waals surface area contributed by atoms with Gasteiger partial charge < -0.3 is 11.3 Å². The van der Waals surface area contributed by atoms with E-state index in [9.17, 15) is 0 Å². The van der Waals surface area contributed by atoms with Gasteiger partial charge >= 0.3 is 0 Å². The number of nitrogens with zero attached hydrogens (tertiary/aromatic N) is 4. The molecule has 1 aliphatic heterocycles. The van der Waals surface area contributed by atoms with E-state index in [1.54, 1.807) is 0 Å². The molecule has 13 heavy (non-hydrogen) atoms. The maximum Gasteiger partial charge on any atom is 0.257 e. The third-order valence-electron chi connectivity index (χ3n) is 1.77. The molecule has 8 heteroatoms. The Labute approximate surface area is 73.9 Å². The van der Waals surface area contributed by atoms with Crippen LogP contribution in [0.4, 0.5) is 5.95 Å². The number of hydrogen-bond donors (Lipinski definition) is 4. The predicted octanol–water partition coefficient (Wildman–Crippen LogP) is -2.03. The summed E-state index contributed by atoms with van der Waals surface area (Å²) in [5, 5.41) is 11.6. The third-order valence-corrected chi connectivity index (χ3v) is 1.77. The number of rotatable bonds is 2. The van der Waals surface area contributed by atoms with Crippen LogP contribution in [-0.4, -0.2) is 27.1 Å². The summed E-state index contributed by atoms with van der Waals surface area (Å²) in [6.45, 7) is 0.799. The van der Waals surface area contributed by atoms with Gasteiger partial charge in [-0.1, -0.05) is 0 Å². The van der Waals surface area contributed by atoms with Gasteiger partial charge in [-0.3, -0.25) is 5.43 Å². The number of hydrazine groups is 1. The fourth-order valence-corrected chi connectivity index (χ4v) is 1.13. The minimum absolute atomic E-state index is 0.310. The molecule has 8 nitrogen and oxygen atoms in total. The summed E-state index contributed by atoms with van der Waals surface area (Å²) in [5.41, 5.74) is 5.94. The van der Waals surface area contributed by atoms with E-state index in [0.717, 1.165) is 18.7 Å². The quantitative estimate of drug-likeness (QED) is 0.309. The predicted molar refractivity (Wildman–Crippen MR) is 47.1 cm³/mol. The second-order valence-electron chi connectivity index (χ2n) is 2.58. The summed E-state index contributed by atoms with van der Waals surface area (Å²) in [5.74, 6) is 11.6. The lowest BCUT2D eigenvalue weighted by molar-refractivity contribution is 0.813. The Morgan fingerprint density at radius 3 is 2.85 bits per heavy atom. The normalized spacial score (nSPS) is 15.3. The van der Waals surface area contributed by atoms with Crippen LogP contribution in [0.25, 0.3) is 0 Å². The first kappa shape index (κ1) is 7.80. The number of nitrogen functional groups attached to an aromatic ring is 2. The van der Waals surface area contributed by atoms with Crippen molar-refractivity contribution in [2.45, 2.75) is 6.42 Å². The molecule has 0 fully saturated rings. The van der Waals surface area contributed by atoms with E-state index in [1.807, 2.05) is 0 Å². The average Bonchev–Trinajstić information content (AvgIpc) is 2.72. The van der Waals surface area contributed by atoms with Gasteiger partial charge in [0.1, 0.15) is 5.71 Å². The van der Waals surface area contributed by atoms with Gasteiger partial charge in [-0.25, -0.2) is 10.5 Å². The molecule has 2 heterocycles. The first-order valence-corrected chi connectivity index (χ1v) is 3.80. The monoisotopic (exact) mass is 182 g/mol. The standard InChI is InChI=1S/C5H10N8/c6-9-5-12-11-4(13(5)7)3-1-2-8-10-3/h8H,1-2,6-7H2,(H,9,12). The van der Waals surface area contributed by atoms with Crippen molar-refractivity contribution in [2.24, 2.45) is 10.9 Å². The highest BCUT2D eigenvalue weighted by atomic mass is 15.5. The zero-order valence-electron chi connectivity index (χ0n) is 6.86. The third kappa shape index (κ3) is 1.16. The van der Waals surface area contributed by atoms with Crippen LogP contribution in [0.5, 0.6) is 0 Å². The van der Waals surface area contributed by atoms with Crippen molar-refractivity contribution in [3.8, 4) is 0 Å². The Kier molecular flexibility index (Phi) is 1.74. The van der Waals surface area contributed by atoms with E-state index in [4.69, 9.17) is 11.7 Å². The van der Waals surface area contributed by atoms with Crippen molar-refractivity contribution in [3.63, 3.8) is 0 Å². The van der Waals surface area contributed by atoms with Crippen molar-refractivity contribution in [1.82, 2.24) is 20.3 Å². The van der Waals surface area contributed by atoms with Crippen molar-refractivity contribution in [3.05, 3.63) is 5.82 Å². The van der Waals surface area contributed by atoms with Gasteiger partial charge in [0.25, 0.3) is 5.95 Å². The van der Waals surface area contributed by atoms with Crippen molar-refractivity contribution >= 4 is 11.7 Å². The SMILES string of the molecule is NNc1nnc(C2=NNCC2)n1N. The number of anilines is 1. The second-order valence-corrected chi connectivity index (χ2v) is 2.58. The molecule has 0 unspecified atom stereocenters. The molecular formula is C5H10N8. The molecule has 0 aliphatic carbocycles. The summed E-state index contributed by atoms with van der Waals surface area (Å²) in [6.07, 6.45) is 0.792. The lowest BCUT2D eigenvalue weighted by atomic mass is 10.3. The number of hydrogen-bond acceptors (Lipinski definition) is 7. The zero-order valence-corrected chi connectivity index (χ0v) is 6.86. The van der Waals surface area contributed by atoms with Crippen LogP contribution >= 0.6 is 0 Å². The molecule has 2 rings (SSSR count). The minimum atomic E-state index is 0.310. The lowest BCUT2D eigenvalue weighted by Gasteiger charge is -2.00. The second kappa shape index (κ2) is 2.90. The van der Waals surface area contributed by atoms with Crippen LogP contribution in [0.1, 0.15) is 12.2 Å². The highest BCUT2D eigenvalue weighted by Gasteiger charge is 2.17. The highest BCUT2D eigenvalue weighted by molar-refractivity contribution is 5.98. The molecule has 1 aromatic heterocycles. The molecule has 6 N–H and O–H groups in total. The van der Waals surface area contributed by atoms with Crippen molar-refractivity contribution in [1.29, 1.82) is 0 Å². The maximum atomic E-state index is 5.63. The smallest absolute Gasteiger partial charge is 0.257 e. The molecule has 0 saturated heterocycles. The molecule has 0 saturated carbocycles. The Bertz CT molecular complexity index is 338. The number of aromatic nitrogens is 3. The lowest BCUT2D eigenvalue weighted by Crippen LogP contribution is -2.21. The van der Waals surface area contributed by atoms with E-state index in [0.29, 0.717) is 11.8 Å². The zero-order chi connectivity index (χ0) is 9.26. The summed E-state index contributed by atoms with van der Waals surface area (Å²) < 4.78 is 1.27. The molecule has 1 aromatic rings. The Morgan fingerprint density at radius 2 is 2.31 bits per heavy atom. The molecule has 0 atom stereocenters. The number of nitrogens with one attached hydrogen (secondary N) is 2. The molecule has 70 valence electrons. The van der Waals surface area contributed by atoms with Gasteiger partial charge in [-0.15, -0.1) is 10.2 Å². The van der Waals surface area contributed by atoms with Crippen LogP contribution in [0.3, 0.4) is 0 Å². The molecular weight excluding hydrogens is 172 g/mol. The number of hydrazone groups is 1. The topological polar surface area (TPSA) is 119 Å². The molecule has 0 amide bonds. The van der Waals surface area contributed by atoms with Crippen molar-refractivity contribution in [2.75, 3.05) is 17.8 Å². The summed E-state index contributed by atoms with van der Waals surface area (Å²) >= 11 is 0. The molecule has 0 aromatic carbocycles. The van der Waals surface area contributed by atoms with Crippen molar-refractivity contribution < 1.29 is 0 Å². The van der Waals surface area contributed by atoms with Crippen LogP contribution in [0.2, 0.25) is 0 Å². The van der Waals surface area contributed by atoms with Gasteiger partial charge in [0.15, 0.2) is 5.82 Å². The molecule has 1 aliphatic rings. The van der Waals surface area contributed by atoms with Crippen LogP contribution in [0, 0.1) is 0 Å². The van der Waals surface area contributed by atoms with Crippen LogP contribution in [0.15, 0.2) is 5.10 Å². The van der Waals surface area contributed by atoms with Crippen LogP contribution in [-0.2, 0) is 0 Å². The van der Waals surface area contributed by atoms with E-state index < -0.39 is 0 Å². The van der Waals surface area contributed by atoms with Gasteiger partial charge in [0, 0.05) is 13.0 Å². The fraction of sp³-hybridized carbons (Fsp3) is 0.400. The first-order valence-electron chi connectivity index (χ1n) is 3.80. The van der Waals surface area contributed by atoms with Gasteiger partial charge in [0.2, 0.25) is 0 Å².